The number of amides is 2. The second-order valence-corrected chi connectivity index (χ2v) is 8.45. The highest BCUT2D eigenvalue weighted by Gasteiger charge is 2.23. The van der Waals surface area contributed by atoms with Gasteiger partial charge in [-0.1, -0.05) is 30.1 Å². The lowest BCUT2D eigenvalue weighted by Crippen LogP contribution is -2.26. The summed E-state index contributed by atoms with van der Waals surface area (Å²) in [6.45, 7) is 7.92. The van der Waals surface area contributed by atoms with Crippen molar-refractivity contribution in [3.8, 4) is 11.7 Å². The molecule has 2 heterocycles. The van der Waals surface area contributed by atoms with E-state index in [4.69, 9.17) is 27.9 Å². The quantitative estimate of drug-likeness (QED) is 0.460. The molecule has 174 valence electrons. The first-order valence-electron chi connectivity index (χ1n) is 10.5. The van der Waals surface area contributed by atoms with Gasteiger partial charge in [0.15, 0.2) is 5.82 Å². The molecule has 0 saturated carbocycles. The molecule has 0 aliphatic heterocycles. The molecule has 0 fully saturated rings. The molecule has 0 atom stereocenters. The van der Waals surface area contributed by atoms with Gasteiger partial charge in [0.25, 0.3) is 11.8 Å². The van der Waals surface area contributed by atoms with Gasteiger partial charge in [0.05, 0.1) is 22.4 Å². The lowest BCUT2D eigenvalue weighted by Gasteiger charge is -2.15. The Bertz CT molecular complexity index is 1180. The lowest BCUT2D eigenvalue weighted by molar-refractivity contribution is 0.0954. The minimum Gasteiger partial charge on any atom is -0.474 e. The van der Waals surface area contributed by atoms with Gasteiger partial charge in [-0.15, -0.1) is 5.10 Å². The molecule has 2 N–H and O–H groups in total. The summed E-state index contributed by atoms with van der Waals surface area (Å²) < 4.78 is 7.00. The van der Waals surface area contributed by atoms with Crippen LogP contribution in [0, 0.1) is 6.92 Å². The summed E-state index contributed by atoms with van der Waals surface area (Å²) in [6, 6.07) is 8.03. The van der Waals surface area contributed by atoms with Crippen LogP contribution in [-0.4, -0.2) is 39.2 Å². The van der Waals surface area contributed by atoms with Crippen molar-refractivity contribution in [3.05, 3.63) is 63.4 Å². The van der Waals surface area contributed by atoms with Crippen molar-refractivity contribution in [2.45, 2.75) is 40.2 Å². The van der Waals surface area contributed by atoms with Crippen LogP contribution in [0.4, 0.5) is 5.69 Å². The van der Waals surface area contributed by atoms with E-state index in [-0.39, 0.29) is 35.0 Å². The zero-order valence-electron chi connectivity index (χ0n) is 18.8. The number of nitrogens with zero attached hydrogens (tertiary/aromatic N) is 3. The molecule has 8 nitrogen and oxygen atoms in total. The third kappa shape index (κ3) is 5.83. The molecule has 0 bridgehead atoms. The summed E-state index contributed by atoms with van der Waals surface area (Å²) in [5, 5.41) is 10.7. The molecule has 10 heteroatoms. The number of anilines is 1. The highest BCUT2D eigenvalue weighted by atomic mass is 35.5. The molecule has 1 aromatic carbocycles. The van der Waals surface area contributed by atoms with E-state index in [0.29, 0.717) is 27.8 Å². The number of halogens is 2. The first-order chi connectivity index (χ1) is 15.7. The molecule has 2 amide bonds. The Kier molecular flexibility index (Phi) is 7.94. The molecule has 33 heavy (non-hydrogen) atoms. The second-order valence-electron chi connectivity index (χ2n) is 7.61. The second kappa shape index (κ2) is 10.7. The summed E-state index contributed by atoms with van der Waals surface area (Å²) in [7, 11) is 0. The number of hydrogen-bond donors (Lipinski definition) is 2. The molecule has 3 aromatic rings. The standard InChI is InChI=1S/C23H25Cl2N5O3/c1-5-8-27-22(31)16-11-15(24)10-14(4)20(16)28-23(32)18-12-19(33-13(2)3)29-30(18)21-17(25)7-6-9-26-21/h6-7,9-13H,5,8H2,1-4H3,(H,27,31)(H,28,32). The van der Waals surface area contributed by atoms with Crippen LogP contribution < -0.4 is 15.4 Å². The van der Waals surface area contributed by atoms with Crippen molar-refractivity contribution in [1.82, 2.24) is 20.1 Å². The number of aryl methyl sites for hydroxylation is 1. The van der Waals surface area contributed by atoms with Crippen LogP contribution in [0.5, 0.6) is 5.88 Å². The summed E-state index contributed by atoms with van der Waals surface area (Å²) in [4.78, 5) is 30.4. The van der Waals surface area contributed by atoms with Crippen molar-refractivity contribution in [2.24, 2.45) is 0 Å². The van der Waals surface area contributed by atoms with Crippen molar-refractivity contribution >= 4 is 40.7 Å². The summed E-state index contributed by atoms with van der Waals surface area (Å²) in [5.74, 6) is -0.331. The van der Waals surface area contributed by atoms with E-state index in [1.54, 1.807) is 31.3 Å². The highest BCUT2D eigenvalue weighted by molar-refractivity contribution is 6.32. The predicted octanol–water partition coefficient (Wildman–Crippen LogP) is 5.06. The van der Waals surface area contributed by atoms with Gasteiger partial charge in [0.1, 0.15) is 5.69 Å². The van der Waals surface area contributed by atoms with E-state index >= 15 is 0 Å². The monoisotopic (exact) mass is 489 g/mol. The van der Waals surface area contributed by atoms with Crippen LogP contribution in [0.3, 0.4) is 0 Å². The third-order valence-electron chi connectivity index (χ3n) is 4.53. The fourth-order valence-corrected chi connectivity index (χ4v) is 3.59. The molecule has 0 aliphatic carbocycles. The zero-order valence-corrected chi connectivity index (χ0v) is 20.3. The van der Waals surface area contributed by atoms with Gasteiger partial charge >= 0.3 is 0 Å². The van der Waals surface area contributed by atoms with Crippen LogP contribution in [0.15, 0.2) is 36.5 Å². The number of ether oxygens (including phenoxy) is 1. The van der Waals surface area contributed by atoms with E-state index < -0.39 is 5.91 Å². The number of aromatic nitrogens is 3. The maximum atomic E-state index is 13.4. The van der Waals surface area contributed by atoms with E-state index in [2.05, 4.69) is 20.7 Å². The number of pyridine rings is 1. The minimum atomic E-state index is -0.516. The number of carbonyl (C=O) groups is 2. The van der Waals surface area contributed by atoms with Gasteiger partial charge in [-0.25, -0.2) is 9.67 Å². The molecule has 0 aliphatic rings. The topological polar surface area (TPSA) is 98.1 Å². The number of hydrogen-bond acceptors (Lipinski definition) is 5. The van der Waals surface area contributed by atoms with Gasteiger partial charge in [0.2, 0.25) is 5.88 Å². The van der Waals surface area contributed by atoms with Crippen molar-refractivity contribution in [1.29, 1.82) is 0 Å². The molecular formula is C23H25Cl2N5O3. The van der Waals surface area contributed by atoms with Crippen molar-refractivity contribution < 1.29 is 14.3 Å². The molecule has 0 saturated heterocycles. The number of carbonyl (C=O) groups excluding carboxylic acids is 2. The fraction of sp³-hybridized carbons (Fsp3) is 0.304. The lowest BCUT2D eigenvalue weighted by atomic mass is 10.1. The van der Waals surface area contributed by atoms with E-state index in [1.807, 2.05) is 20.8 Å². The maximum absolute atomic E-state index is 13.4. The van der Waals surface area contributed by atoms with Gasteiger partial charge < -0.3 is 15.4 Å². The van der Waals surface area contributed by atoms with E-state index in [9.17, 15) is 9.59 Å². The van der Waals surface area contributed by atoms with E-state index in [0.717, 1.165) is 6.42 Å². The molecule has 0 radical (unpaired) electrons. The average Bonchev–Trinajstić information content (AvgIpc) is 3.16. The van der Waals surface area contributed by atoms with Crippen molar-refractivity contribution in [3.63, 3.8) is 0 Å². The Morgan fingerprint density at radius 1 is 1.18 bits per heavy atom. The molecule has 0 unspecified atom stereocenters. The Morgan fingerprint density at radius 2 is 1.94 bits per heavy atom. The summed E-state index contributed by atoms with van der Waals surface area (Å²) >= 11 is 12.5. The number of nitrogens with one attached hydrogen (secondary N) is 2. The first-order valence-corrected chi connectivity index (χ1v) is 11.2. The number of benzene rings is 1. The molecular weight excluding hydrogens is 465 g/mol. The Hall–Kier alpha value is -3.10. The Morgan fingerprint density at radius 3 is 2.61 bits per heavy atom. The summed E-state index contributed by atoms with van der Waals surface area (Å²) in [5.41, 5.74) is 1.39. The van der Waals surface area contributed by atoms with Gasteiger partial charge in [-0.2, -0.15) is 0 Å². The summed E-state index contributed by atoms with van der Waals surface area (Å²) in [6.07, 6.45) is 2.17. The molecule has 2 aromatic heterocycles. The van der Waals surface area contributed by atoms with Crippen molar-refractivity contribution in [2.75, 3.05) is 11.9 Å². The molecule has 3 rings (SSSR count). The van der Waals surface area contributed by atoms with Crippen LogP contribution in [0.25, 0.3) is 5.82 Å². The first kappa shape index (κ1) is 24.5. The Balaban J connectivity index is 2.04. The SMILES string of the molecule is CCCNC(=O)c1cc(Cl)cc(C)c1NC(=O)c1cc(OC(C)C)nn1-c1ncccc1Cl. The minimum absolute atomic E-state index is 0.139. The van der Waals surface area contributed by atoms with Crippen LogP contribution >= 0.6 is 23.2 Å². The van der Waals surface area contributed by atoms with Crippen LogP contribution in [0.2, 0.25) is 10.0 Å². The highest BCUT2D eigenvalue weighted by Crippen LogP contribution is 2.28. The Labute approximate surface area is 202 Å². The predicted molar refractivity (Wildman–Crippen MR) is 129 cm³/mol. The van der Waals surface area contributed by atoms with Gasteiger partial charge in [-0.3, -0.25) is 9.59 Å². The van der Waals surface area contributed by atoms with Gasteiger partial charge in [0, 0.05) is 23.8 Å². The van der Waals surface area contributed by atoms with Crippen LogP contribution in [0.1, 0.15) is 53.6 Å². The normalized spacial score (nSPS) is 10.9. The number of rotatable bonds is 8. The van der Waals surface area contributed by atoms with Crippen LogP contribution in [-0.2, 0) is 0 Å². The van der Waals surface area contributed by atoms with E-state index in [1.165, 1.54) is 16.8 Å². The maximum Gasteiger partial charge on any atom is 0.274 e. The van der Waals surface area contributed by atoms with Gasteiger partial charge in [-0.05, 0) is 57.0 Å². The largest absolute Gasteiger partial charge is 0.474 e. The average molecular weight is 490 g/mol. The zero-order chi connectivity index (χ0) is 24.1. The smallest absolute Gasteiger partial charge is 0.274 e. The third-order valence-corrected chi connectivity index (χ3v) is 5.05. The molecule has 0 spiro atoms. The fourth-order valence-electron chi connectivity index (χ4n) is 3.11.